The third-order valence-corrected chi connectivity index (χ3v) is 4.79. The van der Waals surface area contributed by atoms with Crippen LogP contribution in [0.2, 0.25) is 0 Å². The summed E-state index contributed by atoms with van der Waals surface area (Å²) < 4.78 is 5.16. The molecule has 1 N–H and O–H groups in total. The molecule has 1 amide bonds. The Hall–Kier alpha value is -3.68. The summed E-state index contributed by atoms with van der Waals surface area (Å²) in [5, 5.41) is 21.7. The average Bonchev–Trinajstić information content (AvgIpc) is 2.98. The minimum Gasteiger partial charge on any atom is -0.507 e. The van der Waals surface area contributed by atoms with E-state index in [2.05, 4.69) is 0 Å². The van der Waals surface area contributed by atoms with Crippen molar-refractivity contribution in [2.75, 3.05) is 13.7 Å². The predicted molar refractivity (Wildman–Crippen MR) is 105 cm³/mol. The topological polar surface area (TPSA) is 110 Å². The van der Waals surface area contributed by atoms with Crippen molar-refractivity contribution in [3.8, 4) is 5.75 Å². The number of aliphatic hydroxyl groups excluding tert-OH is 1. The molecule has 1 saturated heterocycles. The number of ketones is 1. The highest BCUT2D eigenvalue weighted by molar-refractivity contribution is 6.46. The lowest BCUT2D eigenvalue weighted by molar-refractivity contribution is -0.384. The number of methoxy groups -OCH3 is 1. The van der Waals surface area contributed by atoms with Crippen LogP contribution < -0.4 is 4.74 Å². The van der Waals surface area contributed by atoms with Gasteiger partial charge in [0, 0.05) is 24.2 Å². The molecule has 1 unspecified atom stereocenters. The number of nitro benzene ring substituents is 1. The number of hydrogen-bond acceptors (Lipinski definition) is 6. The van der Waals surface area contributed by atoms with E-state index < -0.39 is 22.7 Å². The fourth-order valence-electron chi connectivity index (χ4n) is 3.38. The molecule has 0 bridgehead atoms. The fraction of sp³-hybridized carbons (Fsp3) is 0.238. The molecule has 1 aliphatic rings. The number of nitrogens with zero attached hydrogens (tertiary/aromatic N) is 2. The number of aliphatic hydroxyl groups is 1. The summed E-state index contributed by atoms with van der Waals surface area (Å²) in [7, 11) is 1.53. The summed E-state index contributed by atoms with van der Waals surface area (Å²) in [6, 6.07) is 11.3. The number of hydrogen-bond donors (Lipinski definition) is 1. The molecule has 0 radical (unpaired) electrons. The zero-order valence-corrected chi connectivity index (χ0v) is 16.0. The summed E-state index contributed by atoms with van der Waals surface area (Å²) in [6.45, 7) is 2.24. The summed E-state index contributed by atoms with van der Waals surface area (Å²) >= 11 is 0. The average molecular weight is 396 g/mol. The van der Waals surface area contributed by atoms with Gasteiger partial charge in [-0.1, -0.05) is 19.1 Å². The van der Waals surface area contributed by atoms with E-state index in [1.807, 2.05) is 6.92 Å². The molecule has 29 heavy (non-hydrogen) atoms. The molecule has 1 fully saturated rings. The first-order valence-corrected chi connectivity index (χ1v) is 9.06. The van der Waals surface area contributed by atoms with Gasteiger partial charge in [-0.25, -0.2) is 0 Å². The molecule has 1 aliphatic heterocycles. The number of carbonyl (C=O) groups excluding carboxylic acids is 2. The lowest BCUT2D eigenvalue weighted by atomic mass is 9.95. The Kier molecular flexibility index (Phi) is 5.63. The van der Waals surface area contributed by atoms with E-state index in [0.29, 0.717) is 24.3 Å². The number of Topliss-reactive ketones (excluding diaryl/α,β-unsaturated/α-hetero) is 1. The van der Waals surface area contributed by atoms with E-state index in [1.165, 1.54) is 36.3 Å². The van der Waals surface area contributed by atoms with Crippen LogP contribution in [0, 0.1) is 10.1 Å². The van der Waals surface area contributed by atoms with Crippen molar-refractivity contribution in [3.63, 3.8) is 0 Å². The number of carbonyl (C=O) groups is 2. The molecule has 1 heterocycles. The van der Waals surface area contributed by atoms with E-state index >= 15 is 0 Å². The number of amides is 1. The van der Waals surface area contributed by atoms with Crippen molar-refractivity contribution < 1.29 is 24.4 Å². The van der Waals surface area contributed by atoms with Gasteiger partial charge in [-0.3, -0.25) is 19.7 Å². The maximum Gasteiger partial charge on any atom is 0.295 e. The second-order valence-corrected chi connectivity index (χ2v) is 6.57. The van der Waals surface area contributed by atoms with E-state index in [0.717, 1.165) is 0 Å². The van der Waals surface area contributed by atoms with Crippen LogP contribution in [0.1, 0.15) is 30.5 Å². The summed E-state index contributed by atoms with van der Waals surface area (Å²) in [5.74, 6) is -1.21. The number of nitro groups is 1. The Balaban J connectivity index is 2.13. The van der Waals surface area contributed by atoms with Gasteiger partial charge >= 0.3 is 0 Å². The third-order valence-electron chi connectivity index (χ3n) is 4.79. The van der Waals surface area contributed by atoms with Crippen LogP contribution in [-0.4, -0.2) is 40.3 Å². The second-order valence-electron chi connectivity index (χ2n) is 6.57. The first-order chi connectivity index (χ1) is 13.9. The van der Waals surface area contributed by atoms with Crippen molar-refractivity contribution in [3.05, 3.63) is 75.3 Å². The Morgan fingerprint density at radius 2 is 1.76 bits per heavy atom. The maximum atomic E-state index is 12.7. The predicted octanol–water partition coefficient (Wildman–Crippen LogP) is 3.44. The summed E-state index contributed by atoms with van der Waals surface area (Å²) in [6.07, 6.45) is 0.636. The standard InChI is InChI=1S/C21H20N2O6/c1-3-12-22-18(13-6-10-16(29-2)11-7-13)17(20(25)21(22)26)19(24)14-4-8-15(9-5-14)23(27)28/h4-11,18,24H,3,12H2,1-2H3/b19-17-. The molecule has 0 spiro atoms. The largest absolute Gasteiger partial charge is 0.507 e. The van der Waals surface area contributed by atoms with Crippen molar-refractivity contribution in [1.82, 2.24) is 4.90 Å². The van der Waals surface area contributed by atoms with Gasteiger partial charge in [-0.05, 0) is 36.2 Å². The second kappa shape index (κ2) is 8.14. The minimum absolute atomic E-state index is 0.0394. The Labute approximate surface area is 167 Å². The van der Waals surface area contributed by atoms with Crippen LogP contribution in [-0.2, 0) is 9.59 Å². The van der Waals surface area contributed by atoms with Gasteiger partial charge in [0.25, 0.3) is 17.4 Å². The quantitative estimate of drug-likeness (QED) is 0.263. The molecule has 3 rings (SSSR count). The maximum absolute atomic E-state index is 12.7. The molecule has 2 aromatic carbocycles. The number of rotatable bonds is 6. The summed E-state index contributed by atoms with van der Waals surface area (Å²) in [5.41, 5.74) is 0.702. The van der Waals surface area contributed by atoms with Crippen LogP contribution >= 0.6 is 0 Å². The first-order valence-electron chi connectivity index (χ1n) is 9.06. The van der Waals surface area contributed by atoms with E-state index in [4.69, 9.17) is 4.74 Å². The molecular formula is C21H20N2O6. The van der Waals surface area contributed by atoms with Crippen molar-refractivity contribution in [1.29, 1.82) is 0 Å². The summed E-state index contributed by atoms with van der Waals surface area (Å²) in [4.78, 5) is 37.1. The molecule has 150 valence electrons. The van der Waals surface area contributed by atoms with Gasteiger partial charge in [0.15, 0.2) is 0 Å². The Morgan fingerprint density at radius 1 is 1.14 bits per heavy atom. The highest BCUT2D eigenvalue weighted by Crippen LogP contribution is 2.40. The number of non-ortho nitro benzene ring substituents is 1. The smallest absolute Gasteiger partial charge is 0.295 e. The van der Waals surface area contributed by atoms with Crippen molar-refractivity contribution >= 4 is 23.1 Å². The van der Waals surface area contributed by atoms with Crippen LogP contribution in [0.5, 0.6) is 5.75 Å². The third kappa shape index (κ3) is 3.69. The van der Waals surface area contributed by atoms with Crippen molar-refractivity contribution in [2.45, 2.75) is 19.4 Å². The fourth-order valence-corrected chi connectivity index (χ4v) is 3.38. The highest BCUT2D eigenvalue weighted by atomic mass is 16.6. The van der Waals surface area contributed by atoms with E-state index in [9.17, 15) is 24.8 Å². The Bertz CT molecular complexity index is 979. The molecule has 0 saturated carbocycles. The van der Waals surface area contributed by atoms with E-state index in [-0.39, 0.29) is 22.6 Å². The van der Waals surface area contributed by atoms with Crippen LogP contribution in [0.25, 0.3) is 5.76 Å². The lowest BCUT2D eigenvalue weighted by Crippen LogP contribution is -2.30. The minimum atomic E-state index is -0.782. The van der Waals surface area contributed by atoms with Gasteiger partial charge in [-0.15, -0.1) is 0 Å². The van der Waals surface area contributed by atoms with Gasteiger partial charge < -0.3 is 14.7 Å². The molecular weight excluding hydrogens is 376 g/mol. The van der Waals surface area contributed by atoms with Gasteiger partial charge in [-0.2, -0.15) is 0 Å². The molecule has 2 aromatic rings. The number of ether oxygens (including phenoxy) is 1. The lowest BCUT2D eigenvalue weighted by Gasteiger charge is -2.25. The molecule has 8 nitrogen and oxygen atoms in total. The van der Waals surface area contributed by atoms with Crippen LogP contribution in [0.4, 0.5) is 5.69 Å². The van der Waals surface area contributed by atoms with Crippen LogP contribution in [0.3, 0.4) is 0 Å². The van der Waals surface area contributed by atoms with Gasteiger partial charge in [0.2, 0.25) is 0 Å². The van der Waals surface area contributed by atoms with Gasteiger partial charge in [0.05, 0.1) is 23.6 Å². The Morgan fingerprint density at radius 3 is 2.28 bits per heavy atom. The zero-order valence-electron chi connectivity index (χ0n) is 16.0. The van der Waals surface area contributed by atoms with Crippen molar-refractivity contribution in [2.24, 2.45) is 0 Å². The molecule has 0 aliphatic carbocycles. The van der Waals surface area contributed by atoms with Gasteiger partial charge in [0.1, 0.15) is 11.5 Å². The number of likely N-dealkylation sites (tertiary alicyclic amines) is 1. The SMILES string of the molecule is CCCN1C(=O)C(=O)/C(=C(\O)c2ccc([N+](=O)[O-])cc2)C1c1ccc(OC)cc1. The monoisotopic (exact) mass is 396 g/mol. The first kappa shape index (κ1) is 20.1. The zero-order chi connectivity index (χ0) is 21.1. The van der Waals surface area contributed by atoms with Crippen LogP contribution in [0.15, 0.2) is 54.1 Å². The normalized spacial score (nSPS) is 18.1. The highest BCUT2D eigenvalue weighted by Gasteiger charge is 2.45. The molecule has 8 heteroatoms. The molecule has 0 aromatic heterocycles. The number of benzene rings is 2. The molecule has 1 atom stereocenters. The van der Waals surface area contributed by atoms with E-state index in [1.54, 1.807) is 24.3 Å².